The molecule has 6 heteroatoms. The van der Waals surface area contributed by atoms with Crippen LogP contribution in [0.15, 0.2) is 59.5 Å². The van der Waals surface area contributed by atoms with Crippen molar-refractivity contribution in [1.29, 1.82) is 0 Å². The van der Waals surface area contributed by atoms with Crippen LogP contribution in [0.2, 0.25) is 0 Å². The normalized spacial score (nSPS) is 19.3. The summed E-state index contributed by atoms with van der Waals surface area (Å²) >= 11 is 0. The first-order valence-electron chi connectivity index (χ1n) is 8.64. The number of anilines is 1. The molecule has 1 aliphatic rings. The van der Waals surface area contributed by atoms with Crippen LogP contribution < -0.4 is 9.46 Å². The van der Waals surface area contributed by atoms with Crippen molar-refractivity contribution in [2.45, 2.75) is 43.8 Å². The van der Waals surface area contributed by atoms with Gasteiger partial charge in [0.25, 0.3) is 10.0 Å². The molecule has 0 spiro atoms. The smallest absolute Gasteiger partial charge is 0.261 e. The number of hydrogen-bond donors (Lipinski definition) is 2. The summed E-state index contributed by atoms with van der Waals surface area (Å²) in [6, 6.07) is 11.7. The highest BCUT2D eigenvalue weighted by Gasteiger charge is 2.32. The Morgan fingerprint density at radius 2 is 1.88 bits per heavy atom. The van der Waals surface area contributed by atoms with E-state index in [-0.39, 0.29) is 10.8 Å². The van der Waals surface area contributed by atoms with E-state index in [9.17, 15) is 13.5 Å². The molecule has 2 aromatic rings. The highest BCUT2D eigenvalue weighted by molar-refractivity contribution is 7.92. The van der Waals surface area contributed by atoms with Crippen LogP contribution in [0.5, 0.6) is 5.75 Å². The van der Waals surface area contributed by atoms with E-state index in [2.05, 4.69) is 4.72 Å². The molecule has 1 aliphatic heterocycles. The molecule has 0 saturated carbocycles. The highest BCUT2D eigenvalue weighted by atomic mass is 32.2. The standard InChI is InChI=1S/C20H23NO4S/c1-3-4-5-6-17-18-13-15(9-12-19(18)25-20(17)22)21-26(23,24)16-10-7-14(2)8-11-16/h4-5,7-13,17,20-22H,3,6H2,1-2H3/b5-4-/t17-,20-/m1/s1. The summed E-state index contributed by atoms with van der Waals surface area (Å²) in [7, 11) is -3.67. The molecule has 0 amide bonds. The Labute approximate surface area is 154 Å². The quantitative estimate of drug-likeness (QED) is 0.752. The average Bonchev–Trinajstić information content (AvgIpc) is 2.90. The van der Waals surface area contributed by atoms with E-state index in [0.29, 0.717) is 17.9 Å². The fourth-order valence-electron chi connectivity index (χ4n) is 2.96. The van der Waals surface area contributed by atoms with Crippen LogP contribution in [0, 0.1) is 6.92 Å². The second kappa shape index (κ2) is 7.51. The van der Waals surface area contributed by atoms with E-state index in [1.165, 1.54) is 0 Å². The van der Waals surface area contributed by atoms with Crippen molar-refractivity contribution in [2.75, 3.05) is 4.72 Å². The molecular weight excluding hydrogens is 350 g/mol. The molecule has 138 valence electrons. The van der Waals surface area contributed by atoms with Gasteiger partial charge in [-0.2, -0.15) is 0 Å². The summed E-state index contributed by atoms with van der Waals surface area (Å²) in [5.41, 5.74) is 2.25. The topological polar surface area (TPSA) is 75.6 Å². The summed E-state index contributed by atoms with van der Waals surface area (Å²) in [5.74, 6) is 0.377. The van der Waals surface area contributed by atoms with Gasteiger partial charge < -0.3 is 9.84 Å². The molecule has 2 N–H and O–H groups in total. The van der Waals surface area contributed by atoms with Gasteiger partial charge >= 0.3 is 0 Å². The summed E-state index contributed by atoms with van der Waals surface area (Å²) in [6.45, 7) is 3.95. The number of nitrogens with one attached hydrogen (secondary N) is 1. The van der Waals surface area contributed by atoms with Crippen LogP contribution in [-0.4, -0.2) is 19.8 Å². The summed E-state index contributed by atoms with van der Waals surface area (Å²) < 4.78 is 33.2. The Hall–Kier alpha value is -2.31. The van der Waals surface area contributed by atoms with Crippen LogP contribution in [0.1, 0.15) is 36.8 Å². The largest absolute Gasteiger partial charge is 0.464 e. The zero-order chi connectivity index (χ0) is 18.7. The highest BCUT2D eigenvalue weighted by Crippen LogP contribution is 2.41. The number of fused-ring (bicyclic) bond motifs is 1. The zero-order valence-electron chi connectivity index (χ0n) is 14.8. The number of aliphatic hydroxyl groups excluding tert-OH is 1. The van der Waals surface area contributed by atoms with Crippen molar-refractivity contribution < 1.29 is 18.3 Å². The molecule has 2 atom stereocenters. The van der Waals surface area contributed by atoms with Gasteiger partial charge in [0.1, 0.15) is 5.75 Å². The number of hydrogen-bond acceptors (Lipinski definition) is 4. The molecule has 0 unspecified atom stereocenters. The summed E-state index contributed by atoms with van der Waals surface area (Å²) in [5, 5.41) is 10.1. The minimum absolute atomic E-state index is 0.210. The van der Waals surface area contributed by atoms with E-state index in [4.69, 9.17) is 4.74 Å². The van der Waals surface area contributed by atoms with Gasteiger partial charge in [-0.3, -0.25) is 4.72 Å². The first-order chi connectivity index (χ1) is 12.4. The monoisotopic (exact) mass is 373 g/mol. The van der Waals surface area contributed by atoms with Gasteiger partial charge in [-0.25, -0.2) is 8.42 Å². The van der Waals surface area contributed by atoms with Crippen molar-refractivity contribution in [2.24, 2.45) is 0 Å². The van der Waals surface area contributed by atoms with Crippen LogP contribution in [0.3, 0.4) is 0 Å². The minimum atomic E-state index is -3.67. The number of benzene rings is 2. The van der Waals surface area contributed by atoms with E-state index in [0.717, 1.165) is 17.5 Å². The lowest BCUT2D eigenvalue weighted by Gasteiger charge is -2.12. The Morgan fingerprint density at radius 1 is 1.15 bits per heavy atom. The molecule has 0 bridgehead atoms. The molecule has 0 saturated heterocycles. The Balaban J connectivity index is 1.84. The maximum atomic E-state index is 12.6. The van der Waals surface area contributed by atoms with Gasteiger partial charge in [0.15, 0.2) is 0 Å². The maximum Gasteiger partial charge on any atom is 0.261 e. The SMILES string of the molecule is CC/C=C\C[C@@H]1c2cc(NS(=O)(=O)c3ccc(C)cc3)ccc2O[C@H]1O. The van der Waals surface area contributed by atoms with Gasteiger partial charge in [-0.15, -0.1) is 0 Å². The molecule has 0 aliphatic carbocycles. The minimum Gasteiger partial charge on any atom is -0.464 e. The van der Waals surface area contributed by atoms with Gasteiger partial charge in [0.2, 0.25) is 6.29 Å². The third-order valence-electron chi connectivity index (χ3n) is 4.38. The first kappa shape index (κ1) is 18.5. The molecule has 2 aromatic carbocycles. The van der Waals surface area contributed by atoms with E-state index < -0.39 is 16.3 Å². The van der Waals surface area contributed by atoms with Crippen LogP contribution in [0.25, 0.3) is 0 Å². The first-order valence-corrected chi connectivity index (χ1v) is 10.1. The number of aliphatic hydroxyl groups is 1. The molecular formula is C20H23NO4S. The molecule has 1 heterocycles. The van der Waals surface area contributed by atoms with E-state index >= 15 is 0 Å². The third kappa shape index (κ3) is 3.92. The summed E-state index contributed by atoms with van der Waals surface area (Å²) in [4.78, 5) is 0.210. The average molecular weight is 373 g/mol. The van der Waals surface area contributed by atoms with Crippen LogP contribution >= 0.6 is 0 Å². The Kier molecular flexibility index (Phi) is 5.34. The Morgan fingerprint density at radius 3 is 2.58 bits per heavy atom. The lowest BCUT2D eigenvalue weighted by Crippen LogP contribution is -2.17. The van der Waals surface area contributed by atoms with E-state index in [1.54, 1.807) is 42.5 Å². The zero-order valence-corrected chi connectivity index (χ0v) is 15.7. The molecule has 0 aromatic heterocycles. The van der Waals surface area contributed by atoms with Crippen molar-refractivity contribution in [3.63, 3.8) is 0 Å². The number of allylic oxidation sites excluding steroid dienone is 2. The van der Waals surface area contributed by atoms with Gasteiger partial charge in [0.05, 0.1) is 10.8 Å². The predicted octanol–water partition coefficient (Wildman–Crippen LogP) is 3.95. The lowest BCUT2D eigenvalue weighted by atomic mass is 9.96. The van der Waals surface area contributed by atoms with Crippen molar-refractivity contribution in [3.05, 3.63) is 65.7 Å². The molecule has 5 nitrogen and oxygen atoms in total. The maximum absolute atomic E-state index is 12.6. The number of rotatable bonds is 6. The van der Waals surface area contributed by atoms with Gasteiger partial charge in [0, 0.05) is 11.3 Å². The Bertz CT molecular complexity index is 904. The fourth-order valence-corrected chi connectivity index (χ4v) is 4.01. The summed E-state index contributed by atoms with van der Waals surface area (Å²) in [6.07, 6.45) is 4.68. The van der Waals surface area contributed by atoms with Crippen molar-refractivity contribution in [3.8, 4) is 5.75 Å². The molecule has 3 rings (SSSR count). The lowest BCUT2D eigenvalue weighted by molar-refractivity contribution is -0.0175. The third-order valence-corrected chi connectivity index (χ3v) is 5.77. The molecule has 0 fully saturated rings. The van der Waals surface area contributed by atoms with E-state index in [1.807, 2.05) is 26.0 Å². The fraction of sp³-hybridized carbons (Fsp3) is 0.300. The second-order valence-electron chi connectivity index (χ2n) is 6.40. The number of aryl methyl sites for hydroxylation is 1. The molecule has 0 radical (unpaired) electrons. The molecule has 26 heavy (non-hydrogen) atoms. The number of sulfonamides is 1. The van der Waals surface area contributed by atoms with Crippen molar-refractivity contribution in [1.82, 2.24) is 0 Å². The predicted molar refractivity (Wildman–Crippen MR) is 102 cm³/mol. The van der Waals surface area contributed by atoms with Crippen molar-refractivity contribution >= 4 is 15.7 Å². The number of ether oxygens (including phenoxy) is 1. The van der Waals surface area contributed by atoms with Gasteiger partial charge in [-0.1, -0.05) is 36.8 Å². The van der Waals surface area contributed by atoms with Gasteiger partial charge in [-0.05, 0) is 50.1 Å². The second-order valence-corrected chi connectivity index (χ2v) is 8.08. The van der Waals surface area contributed by atoms with Crippen LogP contribution in [-0.2, 0) is 10.0 Å². The van der Waals surface area contributed by atoms with Crippen LogP contribution in [0.4, 0.5) is 5.69 Å².